The van der Waals surface area contributed by atoms with Crippen molar-refractivity contribution in [3.63, 3.8) is 0 Å². The second kappa shape index (κ2) is 7.25. The Labute approximate surface area is 141 Å². The number of amides is 1. The van der Waals surface area contributed by atoms with Crippen molar-refractivity contribution in [3.8, 4) is 0 Å². The first-order valence-electron chi connectivity index (χ1n) is 6.76. The molecule has 0 aliphatic heterocycles. The minimum Gasteiger partial charge on any atom is -0.481 e. The maximum atomic E-state index is 12.7. The molecule has 1 rings (SSSR count). The second-order valence-electron chi connectivity index (χ2n) is 5.80. The minimum absolute atomic E-state index is 0.305. The Bertz CT molecular complexity index is 629. The normalized spacial score (nSPS) is 12.0. The van der Waals surface area contributed by atoms with Gasteiger partial charge in [-0.3, -0.25) is 9.69 Å². The van der Waals surface area contributed by atoms with Crippen molar-refractivity contribution < 1.29 is 32.6 Å². The third kappa shape index (κ3) is 5.88. The summed E-state index contributed by atoms with van der Waals surface area (Å²) in [5.41, 5.74) is -1.98. The van der Waals surface area contributed by atoms with E-state index in [2.05, 4.69) is 4.98 Å². The molecule has 1 aromatic heterocycles. The molecule has 0 atom stereocenters. The number of rotatable bonds is 4. The molecule has 0 saturated heterocycles. The molecule has 0 aliphatic carbocycles. The number of halogens is 4. The van der Waals surface area contributed by atoms with E-state index in [0.29, 0.717) is 12.3 Å². The minimum atomic E-state index is -4.65. The van der Waals surface area contributed by atoms with E-state index in [1.807, 2.05) is 0 Å². The van der Waals surface area contributed by atoms with Gasteiger partial charge in [-0.15, -0.1) is 0 Å². The number of anilines is 1. The number of alkyl halides is 3. The highest BCUT2D eigenvalue weighted by atomic mass is 35.5. The molecule has 0 bridgehead atoms. The van der Waals surface area contributed by atoms with Crippen LogP contribution in [0.3, 0.4) is 0 Å². The van der Waals surface area contributed by atoms with E-state index in [0.717, 1.165) is 4.90 Å². The van der Waals surface area contributed by atoms with Crippen LogP contribution in [0.15, 0.2) is 12.3 Å². The number of ether oxygens (including phenoxy) is 1. The third-order valence-electron chi connectivity index (χ3n) is 2.57. The average Bonchev–Trinajstić information content (AvgIpc) is 2.36. The maximum Gasteiger partial charge on any atom is 0.417 e. The molecule has 1 aromatic rings. The van der Waals surface area contributed by atoms with Gasteiger partial charge in [-0.2, -0.15) is 13.2 Å². The van der Waals surface area contributed by atoms with Crippen LogP contribution in [-0.2, 0) is 15.7 Å². The maximum absolute atomic E-state index is 12.7. The molecule has 0 fully saturated rings. The van der Waals surface area contributed by atoms with Gasteiger partial charge < -0.3 is 9.84 Å². The highest BCUT2D eigenvalue weighted by Crippen LogP contribution is 2.34. The zero-order valence-corrected chi connectivity index (χ0v) is 13.9. The van der Waals surface area contributed by atoms with Gasteiger partial charge in [-0.1, -0.05) is 11.6 Å². The highest BCUT2D eigenvalue weighted by Gasteiger charge is 2.33. The number of aliphatic carboxylic acids is 1. The molecule has 0 spiro atoms. The van der Waals surface area contributed by atoms with E-state index in [-0.39, 0.29) is 12.4 Å². The van der Waals surface area contributed by atoms with Gasteiger partial charge >= 0.3 is 18.2 Å². The Kier molecular flexibility index (Phi) is 6.04. The van der Waals surface area contributed by atoms with E-state index in [9.17, 15) is 22.8 Å². The van der Waals surface area contributed by atoms with Crippen LogP contribution in [0.4, 0.5) is 23.8 Å². The molecule has 0 radical (unpaired) electrons. The topological polar surface area (TPSA) is 79.7 Å². The molecule has 1 heterocycles. The summed E-state index contributed by atoms with van der Waals surface area (Å²) in [7, 11) is 0. The lowest BCUT2D eigenvalue weighted by molar-refractivity contribution is -0.138. The van der Waals surface area contributed by atoms with Crippen molar-refractivity contribution in [2.24, 2.45) is 0 Å². The summed E-state index contributed by atoms with van der Waals surface area (Å²) < 4.78 is 43.1. The van der Waals surface area contributed by atoms with Crippen LogP contribution in [0.2, 0.25) is 5.02 Å². The van der Waals surface area contributed by atoms with Gasteiger partial charge in [0.2, 0.25) is 0 Å². The highest BCUT2D eigenvalue weighted by molar-refractivity contribution is 6.33. The van der Waals surface area contributed by atoms with Gasteiger partial charge in [0.1, 0.15) is 5.60 Å². The molecule has 6 nitrogen and oxygen atoms in total. The van der Waals surface area contributed by atoms with Crippen LogP contribution in [-0.4, -0.2) is 34.3 Å². The molecule has 24 heavy (non-hydrogen) atoms. The number of nitrogens with zero attached hydrogens (tertiary/aromatic N) is 2. The van der Waals surface area contributed by atoms with Crippen molar-refractivity contribution in [2.75, 3.05) is 11.4 Å². The first-order valence-corrected chi connectivity index (χ1v) is 7.14. The summed E-state index contributed by atoms with van der Waals surface area (Å²) in [6.45, 7) is 4.40. The van der Waals surface area contributed by atoms with E-state index in [4.69, 9.17) is 21.4 Å². The number of pyridine rings is 1. The van der Waals surface area contributed by atoms with E-state index in [1.165, 1.54) is 0 Å². The number of carbonyl (C=O) groups is 2. The van der Waals surface area contributed by atoms with E-state index in [1.54, 1.807) is 20.8 Å². The summed E-state index contributed by atoms with van der Waals surface area (Å²) in [4.78, 5) is 27.3. The molecule has 0 aliphatic rings. The predicted molar refractivity (Wildman–Crippen MR) is 80.1 cm³/mol. The van der Waals surface area contributed by atoms with Crippen molar-refractivity contribution >= 4 is 29.5 Å². The van der Waals surface area contributed by atoms with Gasteiger partial charge in [0, 0.05) is 12.7 Å². The number of hydrogen-bond acceptors (Lipinski definition) is 4. The van der Waals surface area contributed by atoms with Crippen molar-refractivity contribution in [1.82, 2.24) is 4.98 Å². The number of carboxylic acid groups (broad SMARTS) is 1. The number of carboxylic acids is 1. The van der Waals surface area contributed by atoms with E-state index >= 15 is 0 Å². The number of aromatic nitrogens is 1. The molecule has 134 valence electrons. The Morgan fingerprint density at radius 1 is 1.33 bits per heavy atom. The van der Waals surface area contributed by atoms with Gasteiger partial charge in [-0.05, 0) is 26.8 Å². The zero-order chi connectivity index (χ0) is 18.7. The van der Waals surface area contributed by atoms with E-state index < -0.39 is 40.8 Å². The fourth-order valence-electron chi connectivity index (χ4n) is 1.59. The first kappa shape index (κ1) is 20.0. The lowest BCUT2D eigenvalue weighted by Crippen LogP contribution is -2.38. The number of carbonyl (C=O) groups excluding carboxylic acids is 1. The lowest BCUT2D eigenvalue weighted by atomic mass is 10.2. The molecule has 0 saturated carbocycles. The molecular formula is C14H16ClF3N2O4. The standard InChI is InChI=1S/C14H16ClF3N2O4/c1-13(2,3)24-12(23)20(5-4-10(21)22)11-9(15)6-8(7-19-11)14(16,17)18/h6-7H,4-5H2,1-3H3,(H,21,22). The summed E-state index contributed by atoms with van der Waals surface area (Å²) in [5.74, 6) is -1.51. The third-order valence-corrected chi connectivity index (χ3v) is 2.85. The largest absolute Gasteiger partial charge is 0.481 e. The van der Waals surface area contributed by atoms with Gasteiger partial charge in [-0.25, -0.2) is 9.78 Å². The van der Waals surface area contributed by atoms with Crippen LogP contribution < -0.4 is 4.90 Å². The lowest BCUT2D eigenvalue weighted by Gasteiger charge is -2.27. The Hall–Kier alpha value is -2.03. The van der Waals surface area contributed by atoms with Gasteiger partial charge in [0.15, 0.2) is 5.82 Å². The molecule has 0 unspecified atom stereocenters. The monoisotopic (exact) mass is 368 g/mol. The molecular weight excluding hydrogens is 353 g/mol. The van der Waals surface area contributed by atoms with Crippen molar-refractivity contribution in [3.05, 3.63) is 22.8 Å². The smallest absolute Gasteiger partial charge is 0.417 e. The molecule has 1 amide bonds. The SMILES string of the molecule is CC(C)(C)OC(=O)N(CCC(=O)O)c1ncc(C(F)(F)F)cc1Cl. The summed E-state index contributed by atoms with van der Waals surface area (Å²) >= 11 is 5.80. The first-order chi connectivity index (χ1) is 10.8. The average molecular weight is 369 g/mol. The van der Waals surface area contributed by atoms with Crippen LogP contribution in [0, 0.1) is 0 Å². The summed E-state index contributed by atoms with van der Waals surface area (Å²) in [6, 6.07) is 0.613. The van der Waals surface area contributed by atoms with Crippen LogP contribution in [0.1, 0.15) is 32.8 Å². The van der Waals surface area contributed by atoms with Crippen molar-refractivity contribution in [2.45, 2.75) is 39.0 Å². The number of hydrogen-bond donors (Lipinski definition) is 1. The second-order valence-corrected chi connectivity index (χ2v) is 6.21. The van der Waals surface area contributed by atoms with Gasteiger partial charge in [0.25, 0.3) is 0 Å². The Morgan fingerprint density at radius 2 is 1.92 bits per heavy atom. The fourth-order valence-corrected chi connectivity index (χ4v) is 1.86. The summed E-state index contributed by atoms with van der Waals surface area (Å²) in [6.07, 6.45) is -5.55. The van der Waals surface area contributed by atoms with Crippen LogP contribution in [0.5, 0.6) is 0 Å². The van der Waals surface area contributed by atoms with Crippen molar-refractivity contribution in [1.29, 1.82) is 0 Å². The van der Waals surface area contributed by atoms with Crippen LogP contribution in [0.25, 0.3) is 0 Å². The molecule has 1 N–H and O–H groups in total. The summed E-state index contributed by atoms with van der Waals surface area (Å²) in [5, 5.41) is 8.32. The molecule has 10 heteroatoms. The fraction of sp³-hybridized carbons (Fsp3) is 0.500. The quantitative estimate of drug-likeness (QED) is 0.869. The zero-order valence-electron chi connectivity index (χ0n) is 13.1. The Morgan fingerprint density at radius 3 is 2.33 bits per heavy atom. The predicted octanol–water partition coefficient (Wildman–Crippen LogP) is 3.97. The van der Waals surface area contributed by atoms with Gasteiger partial charge in [0.05, 0.1) is 17.0 Å². The Balaban J connectivity index is 3.19. The molecule has 0 aromatic carbocycles. The van der Waals surface area contributed by atoms with Crippen LogP contribution >= 0.6 is 11.6 Å².